The lowest BCUT2D eigenvalue weighted by Gasteiger charge is -2.10. The van der Waals surface area contributed by atoms with Crippen LogP contribution in [0.4, 0.5) is 0 Å². The molecular weight excluding hydrogens is 685 g/mol. The van der Waals surface area contributed by atoms with Crippen molar-refractivity contribution in [3.63, 3.8) is 0 Å². The maximum absolute atomic E-state index is 6.18. The second kappa shape index (κ2) is 17.4. The zero-order chi connectivity index (χ0) is 37.1. The molecule has 0 aliphatic carbocycles. The number of oxazole rings is 2. The van der Waals surface area contributed by atoms with E-state index in [0.29, 0.717) is 51.1 Å². The lowest BCUT2D eigenvalue weighted by Crippen LogP contribution is -2.01. The smallest absolute Gasteiger partial charge is 0.226 e. The highest BCUT2D eigenvalue weighted by Crippen LogP contribution is 2.27. The third-order valence-electron chi connectivity index (χ3n) is 9.17. The Morgan fingerprint density at radius 3 is 1.25 bits per heavy atom. The Morgan fingerprint density at radius 1 is 0.400 bits per heavy atom. The van der Waals surface area contributed by atoms with Gasteiger partial charge in [0.2, 0.25) is 11.8 Å². The van der Waals surface area contributed by atoms with E-state index in [1.807, 2.05) is 84.9 Å². The van der Waals surface area contributed by atoms with Gasteiger partial charge in [-0.3, -0.25) is 0 Å². The molecule has 0 bridgehead atoms. The summed E-state index contributed by atoms with van der Waals surface area (Å²) < 4.78 is 29.5. The van der Waals surface area contributed by atoms with E-state index in [-0.39, 0.29) is 0 Å². The van der Waals surface area contributed by atoms with Gasteiger partial charge < -0.3 is 23.0 Å². The zero-order valence-corrected chi connectivity index (χ0v) is 30.3. The van der Waals surface area contributed by atoms with Crippen LogP contribution in [-0.4, -0.2) is 23.2 Å². The molecule has 7 heteroatoms. The van der Waals surface area contributed by atoms with Gasteiger partial charge in [-0.25, -0.2) is 9.97 Å². The van der Waals surface area contributed by atoms with Crippen LogP contribution >= 0.6 is 0 Å². The normalized spacial score (nSPS) is 11.1. The first kappa shape index (κ1) is 35.3. The van der Waals surface area contributed by atoms with Crippen molar-refractivity contribution in [2.45, 2.75) is 26.1 Å². The van der Waals surface area contributed by atoms with Crippen LogP contribution in [0.1, 0.15) is 22.5 Å². The molecule has 0 aliphatic rings. The number of rotatable bonds is 16. The molecule has 8 rings (SSSR count). The van der Waals surface area contributed by atoms with Crippen molar-refractivity contribution in [3.8, 4) is 56.7 Å². The molecule has 0 aliphatic heterocycles. The van der Waals surface area contributed by atoms with Crippen molar-refractivity contribution in [1.82, 2.24) is 9.97 Å². The van der Waals surface area contributed by atoms with Gasteiger partial charge in [-0.2, -0.15) is 0 Å². The summed E-state index contributed by atoms with van der Waals surface area (Å²) in [5.74, 6) is 2.89. The van der Waals surface area contributed by atoms with E-state index in [4.69, 9.17) is 23.0 Å². The summed E-state index contributed by atoms with van der Waals surface area (Å²) in [5, 5.41) is 0. The van der Waals surface area contributed by atoms with Crippen molar-refractivity contribution in [1.29, 1.82) is 0 Å². The van der Waals surface area contributed by atoms with E-state index in [2.05, 4.69) is 82.8 Å². The summed E-state index contributed by atoms with van der Waals surface area (Å²) in [6, 6.07) is 53.1. The Kier molecular flexibility index (Phi) is 11.2. The van der Waals surface area contributed by atoms with Crippen LogP contribution in [0.25, 0.3) is 45.2 Å². The van der Waals surface area contributed by atoms with Crippen molar-refractivity contribution < 1.29 is 23.0 Å². The molecule has 272 valence electrons. The summed E-state index contributed by atoms with van der Waals surface area (Å²) in [5.41, 5.74) is 10.4. The highest BCUT2D eigenvalue weighted by molar-refractivity contribution is 5.66. The fourth-order valence-electron chi connectivity index (χ4n) is 6.27. The van der Waals surface area contributed by atoms with Gasteiger partial charge in [-0.1, -0.05) is 97.1 Å². The second-order valence-corrected chi connectivity index (χ2v) is 13.2. The largest absolute Gasteiger partial charge is 0.493 e. The Bertz CT molecular complexity index is 2230. The molecule has 0 saturated carbocycles. The van der Waals surface area contributed by atoms with Gasteiger partial charge in [0.1, 0.15) is 24.0 Å². The van der Waals surface area contributed by atoms with Crippen molar-refractivity contribution >= 4 is 0 Å². The Balaban J connectivity index is 0.783. The molecule has 7 nitrogen and oxygen atoms in total. The van der Waals surface area contributed by atoms with Crippen molar-refractivity contribution in [3.05, 3.63) is 193 Å². The molecule has 0 saturated heterocycles. The fourth-order valence-corrected chi connectivity index (χ4v) is 6.27. The second-order valence-electron chi connectivity index (χ2n) is 13.2. The number of hydrogen-bond donors (Lipinski definition) is 0. The summed E-state index contributed by atoms with van der Waals surface area (Å²) in [6.07, 6.45) is 4.73. The fraction of sp³-hybridized carbons (Fsp3) is 0.125. The van der Waals surface area contributed by atoms with Gasteiger partial charge in [-0.05, 0) is 94.0 Å². The lowest BCUT2D eigenvalue weighted by atomic mass is 10.0. The molecule has 6 aromatic carbocycles. The Hall–Kier alpha value is -6.70. The monoisotopic (exact) mass is 724 g/mol. The molecule has 0 atom stereocenters. The topological polar surface area (TPSA) is 79.8 Å². The van der Waals surface area contributed by atoms with Crippen molar-refractivity contribution in [2.75, 3.05) is 13.2 Å². The number of hydrogen-bond acceptors (Lipinski definition) is 7. The number of nitrogens with zero attached hydrogens (tertiary/aromatic N) is 2. The maximum Gasteiger partial charge on any atom is 0.226 e. The minimum Gasteiger partial charge on any atom is -0.493 e. The summed E-state index contributed by atoms with van der Waals surface area (Å²) in [4.78, 5) is 9.18. The van der Waals surface area contributed by atoms with E-state index in [1.165, 1.54) is 0 Å². The molecule has 55 heavy (non-hydrogen) atoms. The van der Waals surface area contributed by atoms with Gasteiger partial charge in [0.25, 0.3) is 0 Å². The maximum atomic E-state index is 6.18. The molecule has 0 unspecified atom stereocenters. The van der Waals surface area contributed by atoms with Crippen LogP contribution in [0.3, 0.4) is 0 Å². The molecule has 0 N–H and O–H groups in total. The van der Waals surface area contributed by atoms with Gasteiger partial charge in [-0.15, -0.1) is 0 Å². The van der Waals surface area contributed by atoms with Gasteiger partial charge in [0.05, 0.1) is 37.8 Å². The van der Waals surface area contributed by atoms with Gasteiger partial charge in [0, 0.05) is 24.0 Å². The third kappa shape index (κ3) is 9.46. The average molecular weight is 725 g/mol. The highest BCUT2D eigenvalue weighted by atomic mass is 16.5. The van der Waals surface area contributed by atoms with Crippen LogP contribution in [0.2, 0.25) is 0 Å². The van der Waals surface area contributed by atoms with E-state index >= 15 is 0 Å². The number of ether oxygens (including phenoxy) is 3. The quantitative estimate of drug-likeness (QED) is 0.0981. The van der Waals surface area contributed by atoms with Crippen LogP contribution in [0, 0.1) is 0 Å². The Morgan fingerprint density at radius 2 is 0.818 bits per heavy atom. The predicted molar refractivity (Wildman–Crippen MR) is 215 cm³/mol. The minimum atomic E-state index is 0.514. The van der Waals surface area contributed by atoms with Crippen LogP contribution in [0.5, 0.6) is 11.5 Å². The number of aromatic nitrogens is 2. The molecule has 0 fully saturated rings. The standard InChI is InChI=1S/C48H40N2O5/c1-3-11-39(12-4-1)47-49-43(33-54-47)25-27-52-45-21-17-37(18-22-45)41-15-7-9-35(29-41)31-51-32-36-10-8-16-42(30-36)38-19-23-46(24-20-38)53-28-26-44-34-55-48(50-44)40-13-5-2-6-14-40/h1-24,29-30,33-34H,25-28,31-32H2. The first-order chi connectivity index (χ1) is 27.2. The van der Waals surface area contributed by atoms with Crippen molar-refractivity contribution in [2.24, 2.45) is 0 Å². The van der Waals surface area contributed by atoms with Gasteiger partial charge >= 0.3 is 0 Å². The summed E-state index contributed by atoms with van der Waals surface area (Å²) in [7, 11) is 0. The first-order valence-electron chi connectivity index (χ1n) is 18.4. The van der Waals surface area contributed by atoms with E-state index in [1.54, 1.807) is 12.5 Å². The first-order valence-corrected chi connectivity index (χ1v) is 18.4. The summed E-state index contributed by atoms with van der Waals surface area (Å²) in [6.45, 7) is 2.06. The van der Waals surface area contributed by atoms with Gasteiger partial charge in [0.15, 0.2) is 0 Å². The van der Waals surface area contributed by atoms with Crippen LogP contribution < -0.4 is 9.47 Å². The third-order valence-corrected chi connectivity index (χ3v) is 9.17. The molecule has 8 aromatic rings. The van der Waals surface area contributed by atoms with Crippen LogP contribution in [-0.2, 0) is 30.8 Å². The number of benzene rings is 6. The SMILES string of the molecule is c1ccc(-c2nc(CCOc3ccc(-c4cccc(COCc5cccc(-c6ccc(OCCc7coc(-c8ccccc8)n7)cc6)c5)c4)cc3)co2)cc1. The van der Waals surface area contributed by atoms with E-state index < -0.39 is 0 Å². The lowest BCUT2D eigenvalue weighted by molar-refractivity contribution is 0.107. The molecule has 0 radical (unpaired) electrons. The molecule has 0 amide bonds. The minimum absolute atomic E-state index is 0.514. The molecule has 0 spiro atoms. The molecule has 2 aromatic heterocycles. The van der Waals surface area contributed by atoms with E-state index in [9.17, 15) is 0 Å². The molecule has 2 heterocycles. The van der Waals surface area contributed by atoms with E-state index in [0.717, 1.165) is 67.4 Å². The van der Waals surface area contributed by atoms with Crippen LogP contribution in [0.15, 0.2) is 179 Å². The Labute approximate surface area is 320 Å². The highest BCUT2D eigenvalue weighted by Gasteiger charge is 2.09. The predicted octanol–water partition coefficient (Wildman–Crippen LogP) is 11.3. The summed E-state index contributed by atoms with van der Waals surface area (Å²) >= 11 is 0. The average Bonchev–Trinajstić information content (AvgIpc) is 3.93. The molecular formula is C48H40N2O5. The zero-order valence-electron chi connectivity index (χ0n) is 30.3.